The lowest BCUT2D eigenvalue weighted by molar-refractivity contribution is -0.385. The molecular formula is C12H13ClN2O3. The molecule has 1 aliphatic rings. The number of benzene rings is 1. The van der Waals surface area contributed by atoms with E-state index < -0.39 is 10.8 Å². The van der Waals surface area contributed by atoms with Gasteiger partial charge in [0, 0.05) is 6.04 Å². The molecule has 0 saturated heterocycles. The zero-order chi connectivity index (χ0) is 13.3. The lowest BCUT2D eigenvalue weighted by Gasteiger charge is -2.12. The summed E-state index contributed by atoms with van der Waals surface area (Å²) in [6.07, 6.45) is 2.19. The summed E-state index contributed by atoms with van der Waals surface area (Å²) in [6, 6.07) is 4.39. The molecule has 1 saturated carbocycles. The van der Waals surface area contributed by atoms with Crippen LogP contribution in [-0.4, -0.2) is 16.9 Å². The second kappa shape index (κ2) is 4.94. The molecule has 5 nitrogen and oxygen atoms in total. The molecule has 1 N–H and O–H groups in total. The van der Waals surface area contributed by atoms with E-state index in [9.17, 15) is 14.9 Å². The minimum atomic E-state index is -0.626. The van der Waals surface area contributed by atoms with Gasteiger partial charge in [0.25, 0.3) is 5.91 Å². The molecule has 0 radical (unpaired) electrons. The molecule has 0 aliphatic heterocycles. The average Bonchev–Trinajstić information content (AvgIpc) is 3.11. The number of amides is 1. The van der Waals surface area contributed by atoms with Gasteiger partial charge in [-0.25, -0.2) is 0 Å². The zero-order valence-corrected chi connectivity index (χ0v) is 10.6. The second-order valence-corrected chi connectivity index (χ2v) is 4.90. The molecule has 0 bridgehead atoms. The van der Waals surface area contributed by atoms with Crippen molar-refractivity contribution in [3.8, 4) is 0 Å². The van der Waals surface area contributed by atoms with Gasteiger partial charge in [-0.3, -0.25) is 14.9 Å². The summed E-state index contributed by atoms with van der Waals surface area (Å²) in [6.45, 7) is 1.91. The fourth-order valence-electron chi connectivity index (χ4n) is 1.88. The SMILES string of the molecule is CC(NC(=O)c1cccc(Cl)c1[N+](=O)[O-])C1CC1. The van der Waals surface area contributed by atoms with E-state index in [1.54, 1.807) is 0 Å². The standard InChI is InChI=1S/C12H13ClN2O3/c1-7(8-5-6-8)14-12(16)9-3-2-4-10(13)11(9)15(17)18/h2-4,7-8H,5-6H2,1H3,(H,14,16). The van der Waals surface area contributed by atoms with E-state index in [2.05, 4.69) is 5.32 Å². The van der Waals surface area contributed by atoms with Crippen LogP contribution >= 0.6 is 11.6 Å². The third kappa shape index (κ3) is 2.61. The van der Waals surface area contributed by atoms with Gasteiger partial charge >= 0.3 is 5.69 Å². The minimum Gasteiger partial charge on any atom is -0.349 e. The van der Waals surface area contributed by atoms with Crippen molar-refractivity contribution < 1.29 is 9.72 Å². The van der Waals surface area contributed by atoms with Crippen LogP contribution in [0.2, 0.25) is 5.02 Å². The Balaban J connectivity index is 2.23. The number of para-hydroxylation sites is 1. The van der Waals surface area contributed by atoms with Crippen molar-refractivity contribution in [2.24, 2.45) is 5.92 Å². The summed E-state index contributed by atoms with van der Waals surface area (Å²) in [5, 5.41) is 13.7. The predicted molar refractivity (Wildman–Crippen MR) is 67.8 cm³/mol. The van der Waals surface area contributed by atoms with E-state index in [0.29, 0.717) is 5.92 Å². The van der Waals surface area contributed by atoms with E-state index in [4.69, 9.17) is 11.6 Å². The van der Waals surface area contributed by atoms with Gasteiger partial charge in [-0.05, 0) is 37.8 Å². The Kier molecular flexibility index (Phi) is 3.52. The van der Waals surface area contributed by atoms with Crippen LogP contribution in [0.3, 0.4) is 0 Å². The van der Waals surface area contributed by atoms with Crippen LogP contribution in [0.4, 0.5) is 5.69 Å². The van der Waals surface area contributed by atoms with Gasteiger partial charge in [0.1, 0.15) is 10.6 Å². The van der Waals surface area contributed by atoms with E-state index in [-0.39, 0.29) is 22.3 Å². The summed E-state index contributed by atoms with van der Waals surface area (Å²) in [5.74, 6) is 0.0517. The highest BCUT2D eigenvalue weighted by molar-refractivity contribution is 6.33. The summed E-state index contributed by atoms with van der Waals surface area (Å²) in [7, 11) is 0. The van der Waals surface area contributed by atoms with Crippen LogP contribution in [0.5, 0.6) is 0 Å². The fourth-order valence-corrected chi connectivity index (χ4v) is 2.13. The number of nitrogens with one attached hydrogen (secondary N) is 1. The number of nitrogens with zero attached hydrogens (tertiary/aromatic N) is 1. The summed E-state index contributed by atoms with van der Waals surface area (Å²) >= 11 is 5.76. The lowest BCUT2D eigenvalue weighted by Crippen LogP contribution is -2.34. The smallest absolute Gasteiger partial charge is 0.300 e. The van der Waals surface area contributed by atoms with Gasteiger partial charge in [0.05, 0.1) is 4.92 Å². The molecule has 0 heterocycles. The first-order valence-corrected chi connectivity index (χ1v) is 6.12. The van der Waals surface area contributed by atoms with Gasteiger partial charge in [-0.15, -0.1) is 0 Å². The third-order valence-corrected chi connectivity index (χ3v) is 3.41. The molecule has 1 aromatic rings. The summed E-state index contributed by atoms with van der Waals surface area (Å²) < 4.78 is 0. The molecule has 1 unspecified atom stereocenters. The van der Waals surface area contributed by atoms with Crippen molar-refractivity contribution in [1.82, 2.24) is 5.32 Å². The quantitative estimate of drug-likeness (QED) is 0.674. The zero-order valence-electron chi connectivity index (χ0n) is 9.85. The Morgan fingerprint density at radius 3 is 2.78 bits per heavy atom. The second-order valence-electron chi connectivity index (χ2n) is 4.49. The van der Waals surface area contributed by atoms with Gasteiger partial charge in [-0.1, -0.05) is 17.7 Å². The first-order chi connectivity index (χ1) is 8.50. The number of rotatable bonds is 4. The monoisotopic (exact) mass is 268 g/mol. The van der Waals surface area contributed by atoms with E-state index >= 15 is 0 Å². The third-order valence-electron chi connectivity index (χ3n) is 3.10. The first-order valence-electron chi connectivity index (χ1n) is 5.74. The van der Waals surface area contributed by atoms with Crippen molar-refractivity contribution in [3.63, 3.8) is 0 Å². The number of carbonyl (C=O) groups excluding carboxylic acids is 1. The van der Waals surface area contributed by atoms with Crippen molar-refractivity contribution >= 4 is 23.2 Å². The largest absolute Gasteiger partial charge is 0.349 e. The minimum absolute atomic E-state index is 0.0139. The van der Waals surface area contributed by atoms with Crippen molar-refractivity contribution in [2.45, 2.75) is 25.8 Å². The van der Waals surface area contributed by atoms with Crippen LogP contribution in [0.15, 0.2) is 18.2 Å². The number of hydrogen-bond donors (Lipinski definition) is 1. The molecule has 1 amide bonds. The van der Waals surface area contributed by atoms with Crippen LogP contribution in [0.1, 0.15) is 30.1 Å². The maximum absolute atomic E-state index is 12.0. The highest BCUT2D eigenvalue weighted by atomic mass is 35.5. The predicted octanol–water partition coefficient (Wildman–Crippen LogP) is 2.78. The van der Waals surface area contributed by atoms with Crippen LogP contribution in [0, 0.1) is 16.0 Å². The maximum atomic E-state index is 12.0. The number of nitro groups is 1. The number of halogens is 1. The normalized spacial score (nSPS) is 16.1. The molecule has 2 rings (SSSR count). The first kappa shape index (κ1) is 12.8. The molecule has 1 aromatic carbocycles. The molecule has 18 heavy (non-hydrogen) atoms. The maximum Gasteiger partial charge on any atom is 0.300 e. The molecule has 96 valence electrons. The number of nitro benzene ring substituents is 1. The Morgan fingerprint density at radius 2 is 2.22 bits per heavy atom. The van der Waals surface area contributed by atoms with E-state index in [1.807, 2.05) is 6.92 Å². The van der Waals surface area contributed by atoms with Crippen LogP contribution in [0.25, 0.3) is 0 Å². The van der Waals surface area contributed by atoms with Gasteiger partial charge < -0.3 is 5.32 Å². The highest BCUT2D eigenvalue weighted by Crippen LogP contribution is 2.33. The molecule has 1 fully saturated rings. The number of carbonyl (C=O) groups is 1. The van der Waals surface area contributed by atoms with Gasteiger partial charge in [-0.2, -0.15) is 0 Å². The Morgan fingerprint density at radius 1 is 1.56 bits per heavy atom. The molecule has 1 atom stereocenters. The van der Waals surface area contributed by atoms with Crippen molar-refractivity contribution in [1.29, 1.82) is 0 Å². The molecule has 0 spiro atoms. The molecule has 0 aromatic heterocycles. The van der Waals surface area contributed by atoms with Crippen LogP contribution < -0.4 is 5.32 Å². The topological polar surface area (TPSA) is 72.2 Å². The summed E-state index contributed by atoms with van der Waals surface area (Å²) in [4.78, 5) is 22.3. The Bertz CT molecular complexity index is 500. The lowest BCUT2D eigenvalue weighted by atomic mass is 10.1. The van der Waals surface area contributed by atoms with Crippen LogP contribution in [-0.2, 0) is 0 Å². The molecule has 6 heteroatoms. The molecular weight excluding hydrogens is 256 g/mol. The average molecular weight is 269 g/mol. The highest BCUT2D eigenvalue weighted by Gasteiger charge is 2.31. The Hall–Kier alpha value is -1.62. The van der Waals surface area contributed by atoms with E-state index in [1.165, 1.54) is 18.2 Å². The van der Waals surface area contributed by atoms with Gasteiger partial charge in [0.2, 0.25) is 0 Å². The molecule has 1 aliphatic carbocycles. The van der Waals surface area contributed by atoms with Crippen molar-refractivity contribution in [2.75, 3.05) is 0 Å². The van der Waals surface area contributed by atoms with Crippen molar-refractivity contribution in [3.05, 3.63) is 38.9 Å². The fraction of sp³-hybridized carbons (Fsp3) is 0.417. The summed E-state index contributed by atoms with van der Waals surface area (Å²) in [5.41, 5.74) is -0.320. The van der Waals surface area contributed by atoms with Gasteiger partial charge in [0.15, 0.2) is 0 Å². The number of hydrogen-bond acceptors (Lipinski definition) is 3. The van der Waals surface area contributed by atoms with E-state index in [0.717, 1.165) is 12.8 Å². The Labute approximate surface area is 109 Å².